The second-order valence-corrected chi connectivity index (χ2v) is 9.19. The van der Waals surface area contributed by atoms with Gasteiger partial charge in [-0.2, -0.15) is 0 Å². The number of rotatable bonds is 4. The van der Waals surface area contributed by atoms with E-state index in [-0.39, 0.29) is 11.7 Å². The average Bonchev–Trinajstić information content (AvgIpc) is 3.17. The molecule has 5 rings (SSSR count). The Kier molecular flexibility index (Phi) is 5.96. The smallest absolute Gasteiger partial charge is 0.233 e. The molecule has 5 nitrogen and oxygen atoms in total. The van der Waals surface area contributed by atoms with Crippen LogP contribution in [0.25, 0.3) is 11.0 Å². The Balaban J connectivity index is 1.31. The molecule has 168 valence electrons. The predicted octanol–water partition coefficient (Wildman–Crippen LogP) is 4.62. The number of carbonyl (C=O) groups excluding carboxylic acids is 1. The van der Waals surface area contributed by atoms with E-state index in [4.69, 9.17) is 9.72 Å². The number of H-pyrrole nitrogens is 1. The van der Waals surface area contributed by atoms with Crippen LogP contribution in [0.3, 0.4) is 0 Å². The van der Waals surface area contributed by atoms with Crippen LogP contribution < -0.4 is 0 Å². The van der Waals surface area contributed by atoms with E-state index in [2.05, 4.69) is 17.1 Å². The molecule has 1 atom stereocenters. The molecule has 2 aliphatic heterocycles. The van der Waals surface area contributed by atoms with E-state index in [1.165, 1.54) is 6.07 Å². The summed E-state index contributed by atoms with van der Waals surface area (Å²) < 4.78 is 20.4. The summed E-state index contributed by atoms with van der Waals surface area (Å²) in [5, 5.41) is 1.13. The molecule has 0 spiro atoms. The first-order valence-corrected chi connectivity index (χ1v) is 11.7. The Morgan fingerprint density at radius 1 is 1.12 bits per heavy atom. The van der Waals surface area contributed by atoms with Crippen molar-refractivity contribution >= 4 is 16.9 Å². The number of nitrogens with zero attached hydrogens (tertiary/aromatic N) is 2. The number of amides is 1. The largest absolute Gasteiger partial charge is 0.381 e. The van der Waals surface area contributed by atoms with Crippen molar-refractivity contribution in [3.05, 3.63) is 65.7 Å². The highest BCUT2D eigenvalue weighted by Gasteiger charge is 2.45. The van der Waals surface area contributed by atoms with Crippen molar-refractivity contribution in [2.75, 3.05) is 26.3 Å². The third kappa shape index (κ3) is 4.04. The average molecular weight is 436 g/mol. The first-order chi connectivity index (χ1) is 15.7. The second-order valence-electron chi connectivity index (χ2n) is 9.19. The number of aromatic nitrogens is 2. The van der Waals surface area contributed by atoms with Crippen LogP contribution in [-0.2, 0) is 21.4 Å². The van der Waals surface area contributed by atoms with Gasteiger partial charge in [0.1, 0.15) is 11.5 Å². The molecule has 0 aliphatic carbocycles. The lowest BCUT2D eigenvalue weighted by Gasteiger charge is -2.40. The summed E-state index contributed by atoms with van der Waals surface area (Å²) in [7, 11) is 0. The third-order valence-electron chi connectivity index (χ3n) is 7.24. The van der Waals surface area contributed by atoms with Gasteiger partial charge in [0.2, 0.25) is 5.91 Å². The van der Waals surface area contributed by atoms with Crippen molar-refractivity contribution in [2.24, 2.45) is 5.92 Å². The maximum Gasteiger partial charge on any atom is 0.233 e. The fraction of sp³-hybridized carbons (Fsp3) is 0.462. The second kappa shape index (κ2) is 9.02. The number of aromatic amines is 1. The summed E-state index contributed by atoms with van der Waals surface area (Å²) in [5.41, 5.74) is 1.73. The molecule has 0 unspecified atom stereocenters. The van der Waals surface area contributed by atoms with E-state index in [9.17, 15) is 9.18 Å². The van der Waals surface area contributed by atoms with Gasteiger partial charge in [-0.05, 0) is 68.7 Å². The van der Waals surface area contributed by atoms with Crippen LogP contribution in [0.15, 0.2) is 48.7 Å². The first kappa shape index (κ1) is 21.1. The summed E-state index contributed by atoms with van der Waals surface area (Å²) >= 11 is 0. The molecule has 1 N–H and O–H groups in total. The van der Waals surface area contributed by atoms with Crippen molar-refractivity contribution in [3.63, 3.8) is 0 Å². The van der Waals surface area contributed by atoms with Crippen LogP contribution in [0.2, 0.25) is 0 Å². The molecule has 3 aromatic rings. The van der Waals surface area contributed by atoms with Crippen molar-refractivity contribution in [2.45, 2.75) is 43.9 Å². The highest BCUT2D eigenvalue weighted by molar-refractivity contribution is 5.88. The minimum atomic E-state index is -0.816. The van der Waals surface area contributed by atoms with E-state index in [0.29, 0.717) is 44.1 Å². The highest BCUT2D eigenvalue weighted by atomic mass is 19.1. The number of nitrogens with one attached hydrogen (secondary N) is 1. The third-order valence-corrected chi connectivity index (χ3v) is 7.24. The first-order valence-electron chi connectivity index (χ1n) is 11.7. The number of pyridine rings is 1. The molecule has 2 aliphatic rings. The van der Waals surface area contributed by atoms with Gasteiger partial charge in [-0.3, -0.25) is 4.79 Å². The summed E-state index contributed by atoms with van der Waals surface area (Å²) in [5.74, 6) is 0.269. The number of likely N-dealkylation sites (tertiary alicyclic amines) is 1. The number of ether oxygens (including phenoxy) is 1. The van der Waals surface area contributed by atoms with Crippen LogP contribution in [-0.4, -0.2) is 47.1 Å². The Morgan fingerprint density at radius 2 is 1.97 bits per heavy atom. The van der Waals surface area contributed by atoms with E-state index >= 15 is 0 Å². The lowest BCUT2D eigenvalue weighted by molar-refractivity contribution is -0.141. The molecule has 0 bridgehead atoms. The molecule has 32 heavy (non-hydrogen) atoms. The van der Waals surface area contributed by atoms with Crippen molar-refractivity contribution in [1.29, 1.82) is 0 Å². The fourth-order valence-corrected chi connectivity index (χ4v) is 5.42. The lowest BCUT2D eigenvalue weighted by Crippen LogP contribution is -2.50. The van der Waals surface area contributed by atoms with Gasteiger partial charge in [0.25, 0.3) is 0 Å². The summed E-state index contributed by atoms with van der Waals surface area (Å²) in [6.07, 6.45) is 6.89. The zero-order valence-corrected chi connectivity index (χ0v) is 18.4. The van der Waals surface area contributed by atoms with E-state index in [0.717, 1.165) is 49.0 Å². The summed E-state index contributed by atoms with van der Waals surface area (Å²) in [4.78, 5) is 23.8. The molecule has 2 saturated heterocycles. The van der Waals surface area contributed by atoms with E-state index in [1.807, 2.05) is 23.2 Å². The predicted molar refractivity (Wildman–Crippen MR) is 122 cm³/mol. The number of hydrogen-bond donors (Lipinski definition) is 1. The minimum Gasteiger partial charge on any atom is -0.381 e. The zero-order chi connectivity index (χ0) is 22.0. The minimum absolute atomic E-state index is 0.0671. The molecule has 1 aromatic carbocycles. The van der Waals surface area contributed by atoms with E-state index in [1.54, 1.807) is 12.1 Å². The molecular weight excluding hydrogens is 405 g/mol. The van der Waals surface area contributed by atoms with Crippen molar-refractivity contribution in [3.8, 4) is 0 Å². The number of benzene rings is 1. The number of carbonyl (C=O) groups is 1. The Morgan fingerprint density at radius 3 is 2.81 bits per heavy atom. The normalized spacial score (nSPS) is 21.4. The zero-order valence-electron chi connectivity index (χ0n) is 18.4. The molecule has 2 fully saturated rings. The van der Waals surface area contributed by atoms with Gasteiger partial charge in [-0.15, -0.1) is 0 Å². The molecule has 1 amide bonds. The van der Waals surface area contributed by atoms with Crippen molar-refractivity contribution in [1.82, 2.24) is 14.9 Å². The van der Waals surface area contributed by atoms with Crippen LogP contribution in [0.4, 0.5) is 4.39 Å². The van der Waals surface area contributed by atoms with Gasteiger partial charge in [-0.25, -0.2) is 9.37 Å². The van der Waals surface area contributed by atoms with Gasteiger partial charge in [0, 0.05) is 49.1 Å². The summed E-state index contributed by atoms with van der Waals surface area (Å²) in [6.45, 7) is 2.42. The summed E-state index contributed by atoms with van der Waals surface area (Å²) in [6, 6.07) is 13.0. The standard InChI is InChI=1S/C26H30FN3O2/c27-23-6-2-1-5-22(23)26(11-16-32-17-12-26)25(31)30-14-3-4-19(10-15-30)18-21-8-7-20-9-13-28-24(20)29-21/h1-2,5-9,13,19H,3-4,10-12,14-18H2,(H,28,29)/t19-/m0/s1. The van der Waals surface area contributed by atoms with Crippen LogP contribution >= 0.6 is 0 Å². The van der Waals surface area contributed by atoms with Gasteiger partial charge in [0.15, 0.2) is 0 Å². The van der Waals surface area contributed by atoms with Gasteiger partial charge >= 0.3 is 0 Å². The molecule has 4 heterocycles. The lowest BCUT2D eigenvalue weighted by atomic mass is 9.72. The number of fused-ring (bicyclic) bond motifs is 1. The number of halogens is 1. The van der Waals surface area contributed by atoms with Gasteiger partial charge in [-0.1, -0.05) is 18.2 Å². The Labute approximate surface area is 188 Å². The van der Waals surface area contributed by atoms with Gasteiger partial charge in [0.05, 0.1) is 5.41 Å². The van der Waals surface area contributed by atoms with Gasteiger partial charge < -0.3 is 14.6 Å². The molecule has 2 aromatic heterocycles. The Hall–Kier alpha value is -2.73. The fourth-order valence-electron chi connectivity index (χ4n) is 5.42. The molecule has 6 heteroatoms. The Bertz CT molecular complexity index is 1090. The maximum absolute atomic E-state index is 14.8. The van der Waals surface area contributed by atoms with E-state index < -0.39 is 5.41 Å². The molecule has 0 saturated carbocycles. The number of hydrogen-bond acceptors (Lipinski definition) is 3. The highest BCUT2D eigenvalue weighted by Crippen LogP contribution is 2.39. The maximum atomic E-state index is 14.8. The van der Waals surface area contributed by atoms with Crippen LogP contribution in [0.5, 0.6) is 0 Å². The quantitative estimate of drug-likeness (QED) is 0.651. The molecule has 0 radical (unpaired) electrons. The monoisotopic (exact) mass is 435 g/mol. The van der Waals surface area contributed by atoms with Crippen molar-refractivity contribution < 1.29 is 13.9 Å². The van der Waals surface area contributed by atoms with Crippen LogP contribution in [0, 0.1) is 11.7 Å². The topological polar surface area (TPSA) is 58.2 Å². The SMILES string of the molecule is O=C(N1CCC[C@H](Cc2ccc3cc[nH]c3n2)CC1)C1(c2ccccc2F)CCOCC1. The van der Waals surface area contributed by atoms with Crippen LogP contribution in [0.1, 0.15) is 43.4 Å². The molecular formula is C26H30FN3O2.